The first-order valence-corrected chi connectivity index (χ1v) is 11.6. The third-order valence-corrected chi connectivity index (χ3v) is 6.37. The highest BCUT2D eigenvalue weighted by molar-refractivity contribution is 7.22. The number of aromatic nitrogens is 1. The van der Waals surface area contributed by atoms with Crippen molar-refractivity contribution < 1.29 is 28.5 Å². The minimum absolute atomic E-state index is 0.211. The number of amides is 1. The molecule has 188 valence electrons. The molecule has 0 N–H and O–H groups in total. The number of anilines is 1. The molecule has 0 spiro atoms. The van der Waals surface area contributed by atoms with Gasteiger partial charge < -0.3 is 28.6 Å². The minimum Gasteiger partial charge on any atom is -0.495 e. The Morgan fingerprint density at radius 3 is 2.03 bits per heavy atom. The summed E-state index contributed by atoms with van der Waals surface area (Å²) in [6, 6.07) is 7.20. The first kappa shape index (κ1) is 26.1. The van der Waals surface area contributed by atoms with E-state index in [1.807, 2.05) is 25.1 Å². The predicted octanol–water partition coefficient (Wildman–Crippen LogP) is 3.95. The SMILES string of the molecule is COc1cc(/C=C/C(=O)N(CCN(C)C)c2nc3c(OC)ccc(OC)c3s2)cc(OC)c1OC. The maximum absolute atomic E-state index is 13.4. The Balaban J connectivity index is 1.99. The molecule has 1 aromatic heterocycles. The number of rotatable bonds is 11. The summed E-state index contributed by atoms with van der Waals surface area (Å²) in [5.41, 5.74) is 1.39. The van der Waals surface area contributed by atoms with E-state index in [2.05, 4.69) is 0 Å². The monoisotopic (exact) mass is 501 g/mol. The zero-order chi connectivity index (χ0) is 25.5. The number of likely N-dealkylation sites (N-methyl/N-ethyl adjacent to an activating group) is 1. The van der Waals surface area contributed by atoms with Crippen molar-refractivity contribution in [2.24, 2.45) is 0 Å². The summed E-state index contributed by atoms with van der Waals surface area (Å²) in [6.45, 7) is 1.11. The molecule has 0 saturated heterocycles. The Kier molecular flexibility index (Phi) is 8.78. The molecular formula is C25H31N3O6S. The van der Waals surface area contributed by atoms with Crippen molar-refractivity contribution in [3.05, 3.63) is 35.9 Å². The van der Waals surface area contributed by atoms with Gasteiger partial charge in [0, 0.05) is 19.2 Å². The summed E-state index contributed by atoms with van der Waals surface area (Å²) >= 11 is 1.38. The first-order chi connectivity index (χ1) is 16.9. The fraction of sp³-hybridized carbons (Fsp3) is 0.360. The highest BCUT2D eigenvalue weighted by Crippen LogP contribution is 2.41. The summed E-state index contributed by atoms with van der Waals surface area (Å²) in [4.78, 5) is 21.8. The number of methoxy groups -OCH3 is 5. The van der Waals surface area contributed by atoms with Crippen molar-refractivity contribution in [1.29, 1.82) is 0 Å². The molecule has 0 bridgehead atoms. The lowest BCUT2D eigenvalue weighted by atomic mass is 10.1. The normalized spacial score (nSPS) is 11.2. The number of benzene rings is 2. The number of thiazole rings is 1. The molecule has 3 aromatic rings. The molecule has 35 heavy (non-hydrogen) atoms. The Labute approximate surface area is 209 Å². The van der Waals surface area contributed by atoms with Crippen LogP contribution in [0.15, 0.2) is 30.3 Å². The largest absolute Gasteiger partial charge is 0.495 e. The van der Waals surface area contributed by atoms with Crippen LogP contribution in [0.4, 0.5) is 5.13 Å². The molecule has 3 rings (SSSR count). The van der Waals surface area contributed by atoms with Gasteiger partial charge in [-0.25, -0.2) is 4.98 Å². The second-order valence-corrected chi connectivity index (χ2v) is 8.71. The van der Waals surface area contributed by atoms with Crippen LogP contribution in [-0.4, -0.2) is 78.5 Å². The topological polar surface area (TPSA) is 82.6 Å². The first-order valence-electron chi connectivity index (χ1n) is 10.8. The van der Waals surface area contributed by atoms with Crippen LogP contribution in [0.1, 0.15) is 5.56 Å². The van der Waals surface area contributed by atoms with Gasteiger partial charge >= 0.3 is 0 Å². The standard InChI is InChI=1S/C25H31N3O6S/c1-27(2)12-13-28(25-26-22-17(30-3)9-10-18(31-4)24(22)35-25)21(29)11-8-16-14-19(32-5)23(34-7)20(15-16)33-6/h8-11,14-15H,12-13H2,1-7H3/b11-8+. The third kappa shape index (κ3) is 5.77. The smallest absolute Gasteiger partial charge is 0.252 e. The minimum atomic E-state index is -0.211. The summed E-state index contributed by atoms with van der Waals surface area (Å²) < 4.78 is 28.0. The number of hydrogen-bond acceptors (Lipinski definition) is 9. The van der Waals surface area contributed by atoms with Gasteiger partial charge in [-0.2, -0.15) is 0 Å². The highest BCUT2D eigenvalue weighted by Gasteiger charge is 2.21. The van der Waals surface area contributed by atoms with E-state index in [1.54, 1.807) is 64.7 Å². The fourth-order valence-electron chi connectivity index (χ4n) is 3.44. The predicted molar refractivity (Wildman–Crippen MR) is 139 cm³/mol. The highest BCUT2D eigenvalue weighted by atomic mass is 32.1. The van der Waals surface area contributed by atoms with Crippen LogP contribution in [0, 0.1) is 0 Å². The van der Waals surface area contributed by atoms with Crippen molar-refractivity contribution >= 4 is 38.7 Å². The number of nitrogens with zero attached hydrogens (tertiary/aromatic N) is 3. The zero-order valence-electron chi connectivity index (χ0n) is 21.1. The van der Waals surface area contributed by atoms with Gasteiger partial charge in [0.05, 0.1) is 35.5 Å². The zero-order valence-corrected chi connectivity index (χ0v) is 21.9. The molecule has 0 aliphatic carbocycles. The number of fused-ring (bicyclic) bond motifs is 1. The molecule has 1 heterocycles. The number of carbonyl (C=O) groups excluding carboxylic acids is 1. The van der Waals surface area contributed by atoms with Crippen molar-refractivity contribution in [1.82, 2.24) is 9.88 Å². The van der Waals surface area contributed by atoms with E-state index in [0.717, 1.165) is 10.3 Å². The molecule has 2 aromatic carbocycles. The maximum atomic E-state index is 13.4. The van der Waals surface area contributed by atoms with Crippen molar-refractivity contribution in [3.63, 3.8) is 0 Å². The van der Waals surface area contributed by atoms with Crippen LogP contribution in [0.3, 0.4) is 0 Å². The summed E-state index contributed by atoms with van der Waals surface area (Å²) in [6.07, 6.45) is 3.22. The Morgan fingerprint density at radius 2 is 1.49 bits per heavy atom. The van der Waals surface area contributed by atoms with Crippen LogP contribution in [0.25, 0.3) is 16.3 Å². The quantitative estimate of drug-likeness (QED) is 0.366. The van der Waals surface area contributed by atoms with E-state index in [4.69, 9.17) is 28.7 Å². The van der Waals surface area contributed by atoms with E-state index in [9.17, 15) is 4.79 Å². The van der Waals surface area contributed by atoms with Gasteiger partial charge in [0.25, 0.3) is 5.91 Å². The van der Waals surface area contributed by atoms with Crippen molar-refractivity contribution in [2.45, 2.75) is 0 Å². The van der Waals surface area contributed by atoms with E-state index < -0.39 is 0 Å². The number of ether oxygens (including phenoxy) is 5. The molecular weight excluding hydrogens is 470 g/mol. The van der Waals surface area contributed by atoms with Crippen LogP contribution < -0.4 is 28.6 Å². The second kappa shape index (κ2) is 11.8. The van der Waals surface area contributed by atoms with Gasteiger partial charge in [0.2, 0.25) is 5.75 Å². The Bertz CT molecular complexity index is 1140. The molecule has 0 unspecified atom stereocenters. The maximum Gasteiger partial charge on any atom is 0.252 e. The molecule has 10 heteroatoms. The summed E-state index contributed by atoms with van der Waals surface area (Å²) in [5.74, 6) is 2.59. The van der Waals surface area contributed by atoms with Crippen LogP contribution >= 0.6 is 11.3 Å². The Hall–Kier alpha value is -3.50. The van der Waals surface area contributed by atoms with Crippen LogP contribution in [-0.2, 0) is 4.79 Å². The Morgan fingerprint density at radius 1 is 0.886 bits per heavy atom. The van der Waals surface area contributed by atoms with E-state index >= 15 is 0 Å². The molecule has 0 radical (unpaired) electrons. The molecule has 1 amide bonds. The summed E-state index contributed by atoms with van der Waals surface area (Å²) in [7, 11) is 11.8. The van der Waals surface area contributed by atoms with Gasteiger partial charge in [0.15, 0.2) is 16.6 Å². The fourth-order valence-corrected chi connectivity index (χ4v) is 4.55. The molecule has 0 saturated carbocycles. The lowest BCUT2D eigenvalue weighted by Crippen LogP contribution is -2.35. The molecule has 9 nitrogen and oxygen atoms in total. The lowest BCUT2D eigenvalue weighted by molar-refractivity contribution is -0.114. The van der Waals surface area contributed by atoms with Crippen molar-refractivity contribution in [2.75, 3.05) is 67.6 Å². The third-order valence-electron chi connectivity index (χ3n) is 5.27. The lowest BCUT2D eigenvalue weighted by Gasteiger charge is -2.20. The van der Waals surface area contributed by atoms with Crippen LogP contribution in [0.2, 0.25) is 0 Å². The van der Waals surface area contributed by atoms with Crippen molar-refractivity contribution in [3.8, 4) is 28.7 Å². The second-order valence-electron chi connectivity index (χ2n) is 7.73. The van der Waals surface area contributed by atoms with E-state index in [0.29, 0.717) is 52.5 Å². The van der Waals surface area contributed by atoms with Gasteiger partial charge in [-0.1, -0.05) is 11.3 Å². The van der Waals surface area contributed by atoms with Crippen LogP contribution in [0.5, 0.6) is 28.7 Å². The van der Waals surface area contributed by atoms with E-state index in [1.165, 1.54) is 17.4 Å². The van der Waals surface area contributed by atoms with E-state index in [-0.39, 0.29) is 5.91 Å². The average molecular weight is 502 g/mol. The number of hydrogen-bond donors (Lipinski definition) is 0. The molecule has 0 atom stereocenters. The molecule has 0 fully saturated rings. The molecule has 0 aliphatic heterocycles. The van der Waals surface area contributed by atoms with Gasteiger partial charge in [-0.05, 0) is 50.0 Å². The van der Waals surface area contributed by atoms with Gasteiger partial charge in [-0.3, -0.25) is 9.69 Å². The van der Waals surface area contributed by atoms with Gasteiger partial charge in [-0.15, -0.1) is 0 Å². The van der Waals surface area contributed by atoms with Gasteiger partial charge in [0.1, 0.15) is 21.7 Å². The number of carbonyl (C=O) groups is 1. The average Bonchev–Trinajstić information content (AvgIpc) is 3.31. The summed E-state index contributed by atoms with van der Waals surface area (Å²) in [5, 5.41) is 0.559. The molecule has 0 aliphatic rings.